The van der Waals surface area contributed by atoms with Gasteiger partial charge in [-0.05, 0) is 24.0 Å². The summed E-state index contributed by atoms with van der Waals surface area (Å²) in [6.07, 6.45) is 0. The molecule has 0 saturated carbocycles. The van der Waals surface area contributed by atoms with Gasteiger partial charge in [0, 0.05) is 5.56 Å². The van der Waals surface area contributed by atoms with Crippen molar-refractivity contribution in [1.29, 1.82) is 0 Å². The summed E-state index contributed by atoms with van der Waals surface area (Å²) in [6, 6.07) is 10.0. The predicted octanol–water partition coefficient (Wildman–Crippen LogP) is 3.70. The van der Waals surface area contributed by atoms with Gasteiger partial charge in [0.15, 0.2) is 0 Å². The Balaban J connectivity index is 2.61. The maximum atomic E-state index is 6.28. The molecule has 0 aliphatic carbocycles. The first-order chi connectivity index (χ1) is 8.52. The molecular formula is C15H21N3. The molecule has 0 spiro atoms. The molecule has 0 fully saturated rings. The molecular weight excluding hydrogens is 222 g/mol. The topological polar surface area (TPSA) is 43.8 Å². The summed E-state index contributed by atoms with van der Waals surface area (Å²) in [6.45, 7) is 8.63. The van der Waals surface area contributed by atoms with Crippen molar-refractivity contribution in [2.75, 3.05) is 5.73 Å². The summed E-state index contributed by atoms with van der Waals surface area (Å²) in [7, 11) is 0. The lowest BCUT2D eigenvalue weighted by molar-refractivity contribution is 0.749. The van der Waals surface area contributed by atoms with Gasteiger partial charge in [-0.1, -0.05) is 45.9 Å². The maximum Gasteiger partial charge on any atom is 0.130 e. The highest BCUT2D eigenvalue weighted by Crippen LogP contribution is 2.31. The minimum atomic E-state index is 0.384. The van der Waals surface area contributed by atoms with E-state index in [9.17, 15) is 0 Å². The van der Waals surface area contributed by atoms with Gasteiger partial charge < -0.3 is 5.73 Å². The lowest BCUT2D eigenvalue weighted by atomic mass is 9.97. The van der Waals surface area contributed by atoms with E-state index in [1.54, 1.807) is 0 Å². The van der Waals surface area contributed by atoms with Crippen molar-refractivity contribution < 1.29 is 0 Å². The van der Waals surface area contributed by atoms with Crippen LogP contribution in [0.15, 0.2) is 30.3 Å². The molecule has 1 aromatic heterocycles. The van der Waals surface area contributed by atoms with Crippen LogP contribution in [0.25, 0.3) is 5.69 Å². The Morgan fingerprint density at radius 1 is 1.00 bits per heavy atom. The van der Waals surface area contributed by atoms with Gasteiger partial charge >= 0.3 is 0 Å². The smallest absolute Gasteiger partial charge is 0.130 e. The van der Waals surface area contributed by atoms with Crippen LogP contribution in [0.3, 0.4) is 0 Å². The molecule has 0 aliphatic rings. The number of hydrogen-bond donors (Lipinski definition) is 1. The van der Waals surface area contributed by atoms with Gasteiger partial charge in [0.25, 0.3) is 0 Å². The number of hydrogen-bond acceptors (Lipinski definition) is 2. The van der Waals surface area contributed by atoms with Gasteiger partial charge in [0.2, 0.25) is 0 Å². The lowest BCUT2D eigenvalue weighted by Gasteiger charge is -2.09. The molecule has 3 nitrogen and oxygen atoms in total. The van der Waals surface area contributed by atoms with E-state index < -0.39 is 0 Å². The van der Waals surface area contributed by atoms with Crippen molar-refractivity contribution in [2.24, 2.45) is 0 Å². The van der Waals surface area contributed by atoms with Crippen molar-refractivity contribution in [1.82, 2.24) is 9.78 Å². The first-order valence-corrected chi connectivity index (χ1v) is 6.46. The van der Waals surface area contributed by atoms with Crippen molar-refractivity contribution in [3.8, 4) is 5.69 Å². The van der Waals surface area contributed by atoms with Crippen LogP contribution >= 0.6 is 0 Å². The van der Waals surface area contributed by atoms with Crippen LogP contribution in [-0.2, 0) is 0 Å². The molecule has 0 atom stereocenters. The zero-order valence-electron chi connectivity index (χ0n) is 11.5. The second kappa shape index (κ2) is 4.84. The number of nitrogens with zero attached hydrogens (tertiary/aromatic N) is 2. The molecule has 2 rings (SSSR count). The molecule has 1 aromatic carbocycles. The summed E-state index contributed by atoms with van der Waals surface area (Å²) in [5.74, 6) is 1.54. The molecule has 0 radical (unpaired) electrons. The zero-order valence-corrected chi connectivity index (χ0v) is 11.5. The lowest BCUT2D eigenvalue weighted by Crippen LogP contribution is -2.03. The van der Waals surface area contributed by atoms with Crippen molar-refractivity contribution in [2.45, 2.75) is 39.5 Å². The molecule has 3 heteroatoms. The van der Waals surface area contributed by atoms with E-state index in [1.807, 2.05) is 35.0 Å². The van der Waals surface area contributed by atoms with E-state index in [2.05, 4.69) is 27.7 Å². The van der Waals surface area contributed by atoms with E-state index in [1.165, 1.54) is 5.56 Å². The Bertz CT molecular complexity index is 524. The standard InChI is InChI=1S/C15H21N3/c1-10(2)13-14(11(3)4)17-18(15(13)16)12-8-6-5-7-9-12/h5-11H,16H2,1-4H3. The van der Waals surface area contributed by atoms with Crippen molar-refractivity contribution in [3.05, 3.63) is 41.6 Å². The Kier molecular flexibility index (Phi) is 3.41. The first kappa shape index (κ1) is 12.7. The summed E-state index contributed by atoms with van der Waals surface area (Å²) >= 11 is 0. The maximum absolute atomic E-state index is 6.28. The average molecular weight is 243 g/mol. The number of nitrogens with two attached hydrogens (primary N) is 1. The number of nitrogen functional groups attached to an aromatic ring is 1. The highest BCUT2D eigenvalue weighted by Gasteiger charge is 2.20. The van der Waals surface area contributed by atoms with Crippen LogP contribution in [0.4, 0.5) is 5.82 Å². The second-order valence-electron chi connectivity index (χ2n) is 5.24. The molecule has 2 aromatic rings. The summed E-state index contributed by atoms with van der Waals surface area (Å²) in [4.78, 5) is 0. The summed E-state index contributed by atoms with van der Waals surface area (Å²) in [5, 5.41) is 4.69. The van der Waals surface area contributed by atoms with Gasteiger partial charge in [0.1, 0.15) is 5.82 Å². The molecule has 0 unspecified atom stereocenters. The Hall–Kier alpha value is -1.77. The van der Waals surface area contributed by atoms with Gasteiger partial charge in [-0.25, -0.2) is 4.68 Å². The normalized spacial score (nSPS) is 11.4. The van der Waals surface area contributed by atoms with E-state index >= 15 is 0 Å². The fourth-order valence-electron chi connectivity index (χ4n) is 2.24. The van der Waals surface area contributed by atoms with Crippen LogP contribution < -0.4 is 5.73 Å². The predicted molar refractivity (Wildman–Crippen MR) is 76.2 cm³/mol. The molecule has 0 bridgehead atoms. The minimum absolute atomic E-state index is 0.384. The summed E-state index contributed by atoms with van der Waals surface area (Å²) in [5.41, 5.74) is 9.57. The number of rotatable bonds is 3. The average Bonchev–Trinajstić information content (AvgIpc) is 2.68. The number of para-hydroxylation sites is 1. The molecule has 0 saturated heterocycles. The largest absolute Gasteiger partial charge is 0.383 e. The third kappa shape index (κ3) is 2.13. The van der Waals surface area contributed by atoms with Gasteiger partial charge in [-0.2, -0.15) is 5.10 Å². The van der Waals surface area contributed by atoms with Crippen LogP contribution in [0.5, 0.6) is 0 Å². The quantitative estimate of drug-likeness (QED) is 0.893. The van der Waals surface area contributed by atoms with Crippen LogP contribution in [-0.4, -0.2) is 9.78 Å². The highest BCUT2D eigenvalue weighted by molar-refractivity contribution is 5.52. The van der Waals surface area contributed by atoms with Crippen LogP contribution in [0.2, 0.25) is 0 Å². The van der Waals surface area contributed by atoms with Gasteiger partial charge in [-0.15, -0.1) is 0 Å². The second-order valence-corrected chi connectivity index (χ2v) is 5.24. The fourth-order valence-corrected chi connectivity index (χ4v) is 2.24. The molecule has 0 aliphatic heterocycles. The molecule has 0 amide bonds. The SMILES string of the molecule is CC(C)c1nn(-c2ccccc2)c(N)c1C(C)C. The van der Waals surface area contributed by atoms with E-state index in [0.717, 1.165) is 17.2 Å². The van der Waals surface area contributed by atoms with E-state index in [-0.39, 0.29) is 0 Å². The van der Waals surface area contributed by atoms with E-state index in [4.69, 9.17) is 10.8 Å². The van der Waals surface area contributed by atoms with E-state index in [0.29, 0.717) is 11.8 Å². The highest BCUT2D eigenvalue weighted by atomic mass is 15.3. The van der Waals surface area contributed by atoms with Gasteiger partial charge in [-0.3, -0.25) is 0 Å². The molecule has 96 valence electrons. The number of aromatic nitrogens is 2. The molecule has 2 N–H and O–H groups in total. The first-order valence-electron chi connectivity index (χ1n) is 6.46. The number of benzene rings is 1. The minimum Gasteiger partial charge on any atom is -0.383 e. The Morgan fingerprint density at radius 2 is 1.61 bits per heavy atom. The zero-order chi connectivity index (χ0) is 13.3. The monoisotopic (exact) mass is 243 g/mol. The molecule has 1 heterocycles. The Morgan fingerprint density at radius 3 is 2.06 bits per heavy atom. The number of anilines is 1. The Labute approximate surface area is 109 Å². The van der Waals surface area contributed by atoms with Crippen LogP contribution in [0.1, 0.15) is 50.8 Å². The van der Waals surface area contributed by atoms with Crippen LogP contribution in [0, 0.1) is 0 Å². The third-order valence-corrected chi connectivity index (χ3v) is 3.11. The molecule has 18 heavy (non-hydrogen) atoms. The van der Waals surface area contributed by atoms with Crippen molar-refractivity contribution in [3.63, 3.8) is 0 Å². The third-order valence-electron chi connectivity index (χ3n) is 3.11. The van der Waals surface area contributed by atoms with Crippen molar-refractivity contribution >= 4 is 5.82 Å². The summed E-state index contributed by atoms with van der Waals surface area (Å²) < 4.78 is 1.85. The van der Waals surface area contributed by atoms with Gasteiger partial charge in [0.05, 0.1) is 11.4 Å². The fraction of sp³-hybridized carbons (Fsp3) is 0.400.